The Bertz CT molecular complexity index is 1690. The van der Waals surface area contributed by atoms with Crippen molar-refractivity contribution in [1.29, 1.82) is 0 Å². The smallest absolute Gasteiger partial charge is 0.318 e. The van der Waals surface area contributed by atoms with Crippen LogP contribution in [0.15, 0.2) is 43.0 Å². The van der Waals surface area contributed by atoms with E-state index in [2.05, 4.69) is 33.2 Å². The van der Waals surface area contributed by atoms with Crippen LogP contribution in [0.5, 0.6) is 6.01 Å². The Kier molecular flexibility index (Phi) is 9.82. The number of hydrogen-bond acceptors (Lipinski definition) is 8. The molecular formula is C35H41ClFN7O3. The van der Waals surface area contributed by atoms with Crippen molar-refractivity contribution < 1.29 is 18.7 Å². The maximum absolute atomic E-state index is 14.6. The highest BCUT2D eigenvalue weighted by atomic mass is 35.5. The highest BCUT2D eigenvalue weighted by Gasteiger charge is 2.40. The first-order valence-corrected chi connectivity index (χ1v) is 16.5. The molecule has 1 amide bonds. The molecule has 2 fully saturated rings. The number of hydrogen-bond donors (Lipinski definition) is 0. The predicted molar refractivity (Wildman–Crippen MR) is 182 cm³/mol. The molecule has 248 valence electrons. The van der Waals surface area contributed by atoms with Gasteiger partial charge in [0.05, 0.1) is 23.9 Å². The second-order valence-corrected chi connectivity index (χ2v) is 13.0. The fourth-order valence-corrected chi connectivity index (χ4v) is 7.46. The summed E-state index contributed by atoms with van der Waals surface area (Å²) in [5.74, 6) is 0.150. The van der Waals surface area contributed by atoms with E-state index in [0.29, 0.717) is 64.3 Å². The lowest BCUT2D eigenvalue weighted by atomic mass is 9.76. The number of rotatable bonds is 11. The second-order valence-electron chi connectivity index (χ2n) is 12.6. The Hall–Kier alpha value is -3.98. The summed E-state index contributed by atoms with van der Waals surface area (Å²) in [6, 6.07) is 9.00. The van der Waals surface area contributed by atoms with Crippen molar-refractivity contribution in [2.24, 2.45) is 0 Å². The van der Waals surface area contributed by atoms with Gasteiger partial charge in [0.15, 0.2) is 0 Å². The zero-order chi connectivity index (χ0) is 33.1. The first kappa shape index (κ1) is 32.9. The summed E-state index contributed by atoms with van der Waals surface area (Å²) in [6.07, 6.45) is 5.34. The average molecular weight is 662 g/mol. The van der Waals surface area contributed by atoms with Crippen molar-refractivity contribution in [3.05, 3.63) is 76.5 Å². The number of aromatic nitrogens is 2. The van der Waals surface area contributed by atoms with Gasteiger partial charge >= 0.3 is 6.01 Å². The van der Waals surface area contributed by atoms with Gasteiger partial charge in [-0.1, -0.05) is 36.4 Å². The molecule has 1 atom stereocenters. The molecule has 0 unspecified atom stereocenters. The number of amides is 1. The van der Waals surface area contributed by atoms with Gasteiger partial charge in [-0.15, -0.1) is 0 Å². The quantitative estimate of drug-likeness (QED) is 0.210. The van der Waals surface area contributed by atoms with Crippen LogP contribution < -0.4 is 14.5 Å². The number of carbonyl (C=O) groups excluding carboxylic acids is 1. The molecule has 3 aliphatic rings. The van der Waals surface area contributed by atoms with Gasteiger partial charge in [-0.05, 0) is 56.3 Å². The van der Waals surface area contributed by atoms with Crippen molar-refractivity contribution >= 4 is 39.8 Å². The summed E-state index contributed by atoms with van der Waals surface area (Å²) in [5, 5.41) is 1.65. The lowest BCUT2D eigenvalue weighted by molar-refractivity contribution is -0.128. The van der Waals surface area contributed by atoms with Crippen molar-refractivity contribution in [1.82, 2.24) is 19.8 Å². The number of anilines is 2. The largest absolute Gasteiger partial charge is 0.462 e. The summed E-state index contributed by atoms with van der Waals surface area (Å²) < 4.78 is 26.4. The Labute approximate surface area is 280 Å². The average Bonchev–Trinajstić information content (AvgIpc) is 3.07. The third-order valence-corrected chi connectivity index (χ3v) is 10.4. The standard InChI is InChI=1S/C35H41ClFN7O3/c1-5-30(45)44-17-16-43(21-25(44)20-38-2)33-26-12-15-42(29-9-6-8-24-10-11-27(37)32(36)31(24)29)22-28(26)39-34(40-33)47-19-18-41(3)35(23-46-4)13-7-14-35/h5-6,8-11,25H,1,7,12-23H2,3-4H3/t25-/m0/s1. The Morgan fingerprint density at radius 3 is 2.79 bits per heavy atom. The second kappa shape index (κ2) is 14.0. The number of fused-ring (bicyclic) bond motifs is 2. The van der Waals surface area contributed by atoms with Gasteiger partial charge in [-0.2, -0.15) is 9.97 Å². The Balaban J connectivity index is 1.31. The van der Waals surface area contributed by atoms with Crippen LogP contribution in [0.2, 0.25) is 5.02 Å². The Morgan fingerprint density at radius 1 is 1.23 bits per heavy atom. The van der Waals surface area contributed by atoms with Crippen molar-refractivity contribution in [3.63, 3.8) is 0 Å². The molecule has 1 saturated heterocycles. The van der Waals surface area contributed by atoms with Gasteiger partial charge in [-0.3, -0.25) is 9.69 Å². The number of nitrogens with zero attached hydrogens (tertiary/aromatic N) is 7. The van der Waals surface area contributed by atoms with E-state index in [1.165, 1.54) is 18.6 Å². The van der Waals surface area contributed by atoms with E-state index in [0.717, 1.165) is 41.0 Å². The zero-order valence-electron chi connectivity index (χ0n) is 27.1. The minimum absolute atomic E-state index is 0.0418. The van der Waals surface area contributed by atoms with E-state index in [9.17, 15) is 9.18 Å². The fraction of sp³-hybridized carbons (Fsp3) is 0.486. The first-order valence-electron chi connectivity index (χ1n) is 16.1. The molecule has 2 aromatic carbocycles. The van der Waals surface area contributed by atoms with Crippen LogP contribution in [0.1, 0.15) is 30.5 Å². The van der Waals surface area contributed by atoms with Gasteiger partial charge in [0, 0.05) is 62.0 Å². The van der Waals surface area contributed by atoms with Gasteiger partial charge in [0.1, 0.15) is 24.3 Å². The number of ether oxygens (including phenoxy) is 2. The van der Waals surface area contributed by atoms with Crippen LogP contribution in [-0.4, -0.2) is 104 Å². The number of likely N-dealkylation sites (N-methyl/N-ethyl adjacent to an activating group) is 1. The number of methoxy groups -OCH3 is 1. The molecule has 47 heavy (non-hydrogen) atoms. The van der Waals surface area contributed by atoms with Gasteiger partial charge in [0.2, 0.25) is 12.5 Å². The number of benzene rings is 2. The first-order chi connectivity index (χ1) is 22.8. The molecule has 3 heterocycles. The SMILES string of the molecule is [C-]#[N+]C[C@H]1CN(c2nc(OCCN(C)C3(COC)CCC3)nc3c2CCN(c2cccc4ccc(F)c(Cl)c24)C3)CCN1C(=O)C=C. The van der Waals surface area contributed by atoms with E-state index >= 15 is 0 Å². The van der Waals surface area contributed by atoms with Gasteiger partial charge in [0.25, 0.3) is 0 Å². The normalized spacial score (nSPS) is 18.9. The molecule has 0 radical (unpaired) electrons. The van der Waals surface area contributed by atoms with Crippen LogP contribution >= 0.6 is 11.6 Å². The molecule has 12 heteroatoms. The van der Waals surface area contributed by atoms with Crippen LogP contribution in [0.4, 0.5) is 15.9 Å². The van der Waals surface area contributed by atoms with E-state index in [1.54, 1.807) is 18.1 Å². The van der Waals surface area contributed by atoms with Crippen LogP contribution in [0, 0.1) is 12.4 Å². The summed E-state index contributed by atoms with van der Waals surface area (Å²) in [5.41, 5.74) is 2.73. The van der Waals surface area contributed by atoms with Crippen LogP contribution in [-0.2, 0) is 22.5 Å². The van der Waals surface area contributed by atoms with E-state index in [4.69, 9.17) is 37.6 Å². The third-order valence-electron chi connectivity index (χ3n) is 9.98. The fourth-order valence-electron chi connectivity index (χ4n) is 7.19. The number of carbonyl (C=O) groups is 1. The third kappa shape index (κ3) is 6.47. The lowest BCUT2D eigenvalue weighted by Gasteiger charge is -2.48. The molecule has 1 aliphatic carbocycles. The van der Waals surface area contributed by atoms with Crippen molar-refractivity contribution in [2.45, 2.75) is 43.8 Å². The molecule has 3 aromatic rings. The topological polar surface area (TPSA) is 78.6 Å². The molecular weight excluding hydrogens is 621 g/mol. The zero-order valence-corrected chi connectivity index (χ0v) is 27.8. The Morgan fingerprint density at radius 2 is 2.06 bits per heavy atom. The van der Waals surface area contributed by atoms with Crippen molar-refractivity contribution in [3.8, 4) is 6.01 Å². The highest BCUT2D eigenvalue weighted by molar-refractivity contribution is 6.36. The minimum Gasteiger partial charge on any atom is -0.462 e. The van der Waals surface area contributed by atoms with E-state index in [1.807, 2.05) is 18.2 Å². The molecule has 0 bridgehead atoms. The van der Waals surface area contributed by atoms with E-state index < -0.39 is 5.82 Å². The maximum Gasteiger partial charge on any atom is 0.318 e. The monoisotopic (exact) mass is 661 g/mol. The molecule has 10 nitrogen and oxygen atoms in total. The van der Waals surface area contributed by atoms with E-state index in [-0.39, 0.29) is 35.1 Å². The van der Waals surface area contributed by atoms with Crippen LogP contribution in [0.3, 0.4) is 0 Å². The molecule has 0 spiro atoms. The maximum atomic E-state index is 14.6. The molecule has 2 aliphatic heterocycles. The molecule has 0 N–H and O–H groups in total. The predicted octanol–water partition coefficient (Wildman–Crippen LogP) is 4.99. The summed E-state index contributed by atoms with van der Waals surface area (Å²) in [4.78, 5) is 34.5. The number of halogens is 2. The highest BCUT2D eigenvalue weighted by Crippen LogP contribution is 2.39. The summed E-state index contributed by atoms with van der Waals surface area (Å²) in [6.45, 7) is 15.7. The summed E-state index contributed by atoms with van der Waals surface area (Å²) in [7, 11) is 3.85. The van der Waals surface area contributed by atoms with Crippen LogP contribution in [0.25, 0.3) is 15.6 Å². The lowest BCUT2D eigenvalue weighted by Crippen LogP contribution is -2.56. The van der Waals surface area contributed by atoms with Gasteiger partial charge < -0.3 is 29.0 Å². The minimum atomic E-state index is -0.452. The molecule has 1 aromatic heterocycles. The van der Waals surface area contributed by atoms with Crippen molar-refractivity contribution in [2.75, 3.05) is 76.4 Å². The molecule has 6 rings (SSSR count). The number of piperazine rings is 1. The van der Waals surface area contributed by atoms with Gasteiger partial charge in [-0.25, -0.2) is 11.0 Å². The summed E-state index contributed by atoms with van der Waals surface area (Å²) >= 11 is 6.51. The molecule has 1 saturated carbocycles.